The third-order valence-electron chi connectivity index (χ3n) is 8.87. The fourth-order valence-electron chi connectivity index (χ4n) is 6.60. The molecule has 0 spiro atoms. The van der Waals surface area contributed by atoms with Crippen molar-refractivity contribution in [3.8, 4) is 27.9 Å². The lowest BCUT2D eigenvalue weighted by atomic mass is 9.88. The first-order valence-corrected chi connectivity index (χ1v) is 18.0. The van der Waals surface area contributed by atoms with E-state index in [4.69, 9.17) is 19.7 Å². The normalized spacial score (nSPS) is 12.6. The quantitative estimate of drug-likeness (QED) is 0.183. The molecule has 3 aromatic carbocycles. The van der Waals surface area contributed by atoms with Gasteiger partial charge in [-0.1, -0.05) is 71.9 Å². The van der Waals surface area contributed by atoms with Crippen LogP contribution in [0.1, 0.15) is 57.5 Å². The molecule has 8 aromatic rings. The Kier molecular flexibility index (Phi) is 7.20. The smallest absolute Gasteiger partial charge is 0.141 e. The molecule has 5 nitrogen and oxygen atoms in total. The highest BCUT2D eigenvalue weighted by Gasteiger charge is 2.21. The molecule has 0 aliphatic carbocycles. The van der Waals surface area contributed by atoms with Gasteiger partial charge in [-0.05, 0) is 71.7 Å². The molecule has 0 fully saturated rings. The second-order valence-electron chi connectivity index (χ2n) is 14.9. The van der Waals surface area contributed by atoms with E-state index in [-0.39, 0.29) is 10.8 Å². The second kappa shape index (κ2) is 11.2. The second-order valence-corrected chi connectivity index (χ2v) is 17.2. The van der Waals surface area contributed by atoms with Crippen LogP contribution < -0.4 is 4.74 Å². The Morgan fingerprint density at radius 1 is 0.750 bits per heavy atom. The van der Waals surface area contributed by atoms with Crippen LogP contribution in [0.25, 0.3) is 58.5 Å². The molecule has 0 saturated carbocycles. The van der Waals surface area contributed by atoms with Gasteiger partial charge in [0.15, 0.2) is 0 Å². The Bertz CT molecular complexity index is 2500. The standard InChI is InChI=1S/C41H38N4OS2/c1-24-33(21-35(47-24)38-39-37(43-23-44-38)30-14-12-25(18-34(30)48-39)22-40(2,3)4)46-27-13-15-29-28-10-8-9-11-31(28)45(32(29)20-27)36-19-26(16-17-42-36)41(5,6)7/h8-21,23H,22H2,1-7H3. The summed E-state index contributed by atoms with van der Waals surface area (Å²) in [6.07, 6.45) is 4.64. The van der Waals surface area contributed by atoms with Gasteiger partial charge in [-0.15, -0.1) is 22.7 Å². The van der Waals surface area contributed by atoms with Crippen LogP contribution >= 0.6 is 22.7 Å². The van der Waals surface area contributed by atoms with Crippen LogP contribution in [0.2, 0.25) is 0 Å². The number of benzene rings is 3. The molecule has 0 unspecified atom stereocenters. The molecule has 5 heterocycles. The Labute approximate surface area is 288 Å². The van der Waals surface area contributed by atoms with E-state index < -0.39 is 0 Å². The lowest BCUT2D eigenvalue weighted by Crippen LogP contribution is -2.12. The van der Waals surface area contributed by atoms with Crippen LogP contribution in [0.3, 0.4) is 0 Å². The van der Waals surface area contributed by atoms with E-state index >= 15 is 0 Å². The van der Waals surface area contributed by atoms with Gasteiger partial charge in [0.25, 0.3) is 0 Å². The van der Waals surface area contributed by atoms with Gasteiger partial charge >= 0.3 is 0 Å². The summed E-state index contributed by atoms with van der Waals surface area (Å²) >= 11 is 3.49. The molecule has 0 radical (unpaired) electrons. The van der Waals surface area contributed by atoms with E-state index in [0.717, 1.165) is 60.4 Å². The van der Waals surface area contributed by atoms with Crippen molar-refractivity contribution in [3.05, 3.63) is 107 Å². The number of rotatable bonds is 5. The number of nitrogens with zero attached hydrogens (tertiary/aromatic N) is 4. The van der Waals surface area contributed by atoms with E-state index in [0.29, 0.717) is 0 Å². The van der Waals surface area contributed by atoms with Gasteiger partial charge in [-0.2, -0.15) is 0 Å². The molecule has 0 N–H and O–H groups in total. The van der Waals surface area contributed by atoms with E-state index in [9.17, 15) is 0 Å². The van der Waals surface area contributed by atoms with Gasteiger partial charge in [0, 0.05) is 44.1 Å². The highest BCUT2D eigenvalue weighted by molar-refractivity contribution is 7.26. The van der Waals surface area contributed by atoms with Crippen LogP contribution in [0.4, 0.5) is 0 Å². The zero-order chi connectivity index (χ0) is 33.4. The van der Waals surface area contributed by atoms with Crippen molar-refractivity contribution in [1.29, 1.82) is 0 Å². The average Bonchev–Trinajstić information content (AvgIpc) is 3.70. The fraction of sp³-hybridized carbons (Fsp3) is 0.244. The maximum atomic E-state index is 6.65. The number of pyridine rings is 1. The van der Waals surface area contributed by atoms with E-state index in [1.807, 2.05) is 6.20 Å². The number of hydrogen-bond acceptors (Lipinski definition) is 6. The van der Waals surface area contributed by atoms with Crippen LogP contribution in [0.15, 0.2) is 91.4 Å². The maximum absolute atomic E-state index is 6.65. The molecule has 0 amide bonds. The van der Waals surface area contributed by atoms with E-state index in [1.165, 1.54) is 32.0 Å². The zero-order valence-electron chi connectivity index (χ0n) is 28.4. The first-order valence-electron chi connectivity index (χ1n) is 16.4. The van der Waals surface area contributed by atoms with Crippen molar-refractivity contribution in [1.82, 2.24) is 19.5 Å². The van der Waals surface area contributed by atoms with Crippen molar-refractivity contribution in [2.24, 2.45) is 5.41 Å². The van der Waals surface area contributed by atoms with Crippen LogP contribution in [-0.4, -0.2) is 19.5 Å². The summed E-state index contributed by atoms with van der Waals surface area (Å²) in [6, 6.07) is 28.1. The average molecular weight is 667 g/mol. The minimum absolute atomic E-state index is 0.0131. The molecule has 0 aliphatic heterocycles. The molecule has 5 aromatic heterocycles. The van der Waals surface area contributed by atoms with Gasteiger partial charge < -0.3 is 4.74 Å². The number of para-hydroxylation sites is 1. The Morgan fingerprint density at radius 2 is 1.54 bits per heavy atom. The number of aromatic nitrogens is 4. The van der Waals surface area contributed by atoms with Crippen molar-refractivity contribution in [2.45, 2.75) is 60.3 Å². The minimum Gasteiger partial charge on any atom is -0.456 e. The molecule has 0 aliphatic rings. The number of thiophene rings is 2. The number of ether oxygens (including phenoxy) is 1. The minimum atomic E-state index is 0.0131. The third kappa shape index (κ3) is 5.45. The van der Waals surface area contributed by atoms with Crippen LogP contribution in [-0.2, 0) is 11.8 Å². The molecular weight excluding hydrogens is 629 g/mol. The topological polar surface area (TPSA) is 52.8 Å². The summed E-state index contributed by atoms with van der Waals surface area (Å²) in [6.45, 7) is 15.7. The highest BCUT2D eigenvalue weighted by Crippen LogP contribution is 2.44. The van der Waals surface area contributed by atoms with Gasteiger partial charge in [-0.25, -0.2) is 15.0 Å². The largest absolute Gasteiger partial charge is 0.456 e. The van der Waals surface area contributed by atoms with Crippen molar-refractivity contribution < 1.29 is 4.74 Å². The van der Waals surface area contributed by atoms with Crippen molar-refractivity contribution in [2.75, 3.05) is 0 Å². The van der Waals surface area contributed by atoms with Gasteiger partial charge in [-0.3, -0.25) is 4.57 Å². The number of aryl methyl sites for hydroxylation is 1. The van der Waals surface area contributed by atoms with E-state index in [1.54, 1.807) is 29.0 Å². The molecule has 240 valence electrons. The SMILES string of the molecule is Cc1sc(-c2ncnc3c2sc2cc(CC(C)(C)C)ccc23)cc1Oc1ccc2c3ccccc3n(-c3cc(C(C)(C)C)ccn3)c2c1. The summed E-state index contributed by atoms with van der Waals surface area (Å²) in [5.41, 5.74) is 7.00. The Morgan fingerprint density at radius 3 is 2.35 bits per heavy atom. The molecular formula is C41H38N4OS2. The van der Waals surface area contributed by atoms with Crippen LogP contribution in [0, 0.1) is 12.3 Å². The monoisotopic (exact) mass is 666 g/mol. The summed E-state index contributed by atoms with van der Waals surface area (Å²) in [5.74, 6) is 2.53. The van der Waals surface area contributed by atoms with Gasteiger partial charge in [0.05, 0.1) is 26.1 Å². The van der Waals surface area contributed by atoms with Crippen molar-refractivity contribution >= 4 is 64.8 Å². The maximum Gasteiger partial charge on any atom is 0.141 e. The molecule has 0 atom stereocenters. The van der Waals surface area contributed by atoms with E-state index in [2.05, 4.69) is 132 Å². The van der Waals surface area contributed by atoms with Gasteiger partial charge in [0.2, 0.25) is 0 Å². The summed E-state index contributed by atoms with van der Waals surface area (Å²) in [4.78, 5) is 16.5. The summed E-state index contributed by atoms with van der Waals surface area (Å²) in [5, 5.41) is 3.55. The van der Waals surface area contributed by atoms with Crippen molar-refractivity contribution in [3.63, 3.8) is 0 Å². The van der Waals surface area contributed by atoms with Crippen LogP contribution in [0.5, 0.6) is 11.5 Å². The first-order chi connectivity index (χ1) is 22.9. The number of fused-ring (bicyclic) bond motifs is 6. The predicted molar refractivity (Wildman–Crippen MR) is 203 cm³/mol. The highest BCUT2D eigenvalue weighted by atomic mass is 32.1. The molecule has 7 heteroatoms. The number of hydrogen-bond donors (Lipinski definition) is 0. The zero-order valence-corrected chi connectivity index (χ0v) is 30.0. The third-order valence-corrected chi connectivity index (χ3v) is 11.1. The molecule has 0 bridgehead atoms. The predicted octanol–water partition coefficient (Wildman–Crippen LogP) is 12.1. The molecule has 48 heavy (non-hydrogen) atoms. The Balaban J connectivity index is 1.19. The lowest BCUT2D eigenvalue weighted by Gasteiger charge is -2.20. The summed E-state index contributed by atoms with van der Waals surface area (Å²) < 4.78 is 11.3. The first kappa shape index (κ1) is 30.7. The fourth-order valence-corrected chi connectivity index (χ4v) is 8.83. The summed E-state index contributed by atoms with van der Waals surface area (Å²) in [7, 11) is 0. The lowest BCUT2D eigenvalue weighted by molar-refractivity contribution is 0.411. The van der Waals surface area contributed by atoms with Gasteiger partial charge in [0.1, 0.15) is 29.3 Å². The Hall–Kier alpha value is -4.59. The molecule has 0 saturated heterocycles. The molecule has 8 rings (SSSR count).